The standard InChI is InChI=1S/C5H6ClN5/c6-5(7)10-1-3-4(11-5)9-2-8-3/h1-2,11H,7H2,(H,8,9). The second-order valence-corrected chi connectivity index (χ2v) is 2.80. The maximum atomic E-state index is 5.67. The van der Waals surface area contributed by atoms with Gasteiger partial charge in [0.2, 0.25) is 0 Å². The van der Waals surface area contributed by atoms with E-state index in [2.05, 4.69) is 20.3 Å². The Morgan fingerprint density at radius 2 is 2.45 bits per heavy atom. The lowest BCUT2D eigenvalue weighted by Crippen LogP contribution is -2.42. The maximum Gasteiger partial charge on any atom is 0.263 e. The van der Waals surface area contributed by atoms with Gasteiger partial charge in [-0.3, -0.25) is 5.73 Å². The number of fused-ring (bicyclic) bond motifs is 1. The highest BCUT2D eigenvalue weighted by molar-refractivity contribution is 6.25. The number of nitrogens with one attached hydrogen (secondary N) is 2. The summed E-state index contributed by atoms with van der Waals surface area (Å²) in [6.07, 6.45) is 3.09. The molecule has 58 valence electrons. The molecule has 4 N–H and O–H groups in total. The fraction of sp³-hybridized carbons (Fsp3) is 0.200. The number of H-pyrrole nitrogens is 1. The summed E-state index contributed by atoms with van der Waals surface area (Å²) in [5.74, 6) is 0.623. The van der Waals surface area contributed by atoms with E-state index in [0.717, 1.165) is 5.69 Å². The number of nitrogens with zero attached hydrogens (tertiary/aromatic N) is 2. The molecule has 1 aromatic rings. The first-order valence-electron chi connectivity index (χ1n) is 3.02. The van der Waals surface area contributed by atoms with Gasteiger partial charge in [0, 0.05) is 0 Å². The number of aromatic amines is 1. The Balaban J connectivity index is 2.44. The van der Waals surface area contributed by atoms with Gasteiger partial charge in [0.05, 0.1) is 12.5 Å². The average molecular weight is 172 g/mol. The minimum Gasteiger partial charge on any atom is -0.342 e. The SMILES string of the molecule is NC1(Cl)N=Cc2[nH]cnc2N1. The van der Waals surface area contributed by atoms with E-state index in [-0.39, 0.29) is 0 Å². The third-order valence-corrected chi connectivity index (χ3v) is 1.54. The fourth-order valence-electron chi connectivity index (χ4n) is 0.859. The van der Waals surface area contributed by atoms with Crippen molar-refractivity contribution in [1.82, 2.24) is 9.97 Å². The number of alkyl halides is 1. The Hall–Kier alpha value is -1.07. The van der Waals surface area contributed by atoms with Crippen LogP contribution < -0.4 is 11.1 Å². The van der Waals surface area contributed by atoms with Crippen LogP contribution in [0.5, 0.6) is 0 Å². The van der Waals surface area contributed by atoms with Gasteiger partial charge in [-0.2, -0.15) is 0 Å². The molecule has 1 aliphatic heterocycles. The highest BCUT2D eigenvalue weighted by Gasteiger charge is 2.24. The van der Waals surface area contributed by atoms with E-state index in [1.54, 1.807) is 12.5 Å². The van der Waals surface area contributed by atoms with Gasteiger partial charge >= 0.3 is 0 Å². The molecule has 0 aliphatic carbocycles. The Morgan fingerprint density at radius 1 is 1.64 bits per heavy atom. The lowest BCUT2D eigenvalue weighted by Gasteiger charge is -2.21. The van der Waals surface area contributed by atoms with Crippen LogP contribution >= 0.6 is 11.6 Å². The molecule has 0 spiro atoms. The normalized spacial score (nSPS) is 27.8. The number of hydrogen-bond donors (Lipinski definition) is 3. The van der Waals surface area contributed by atoms with Crippen LogP contribution in [-0.4, -0.2) is 21.4 Å². The Labute approximate surface area is 67.7 Å². The molecule has 1 unspecified atom stereocenters. The first kappa shape index (κ1) is 6.63. The van der Waals surface area contributed by atoms with Crippen LogP contribution in [0.3, 0.4) is 0 Å². The second-order valence-electron chi connectivity index (χ2n) is 2.22. The topological polar surface area (TPSA) is 79.1 Å². The Bertz CT molecular complexity index is 302. The van der Waals surface area contributed by atoms with Crippen LogP contribution in [0.1, 0.15) is 5.69 Å². The number of rotatable bonds is 0. The fourth-order valence-corrected chi connectivity index (χ4v) is 0.997. The molecule has 1 aromatic heterocycles. The predicted molar refractivity (Wildman–Crippen MR) is 42.6 cm³/mol. The quantitative estimate of drug-likeness (QED) is 0.382. The molecule has 0 radical (unpaired) electrons. The van der Waals surface area contributed by atoms with Gasteiger partial charge in [-0.25, -0.2) is 9.98 Å². The van der Waals surface area contributed by atoms with Crippen molar-refractivity contribution in [3.63, 3.8) is 0 Å². The van der Waals surface area contributed by atoms with E-state index >= 15 is 0 Å². The van der Waals surface area contributed by atoms with Crippen LogP contribution in [0.4, 0.5) is 5.82 Å². The molecule has 5 nitrogen and oxygen atoms in total. The van der Waals surface area contributed by atoms with Crippen LogP contribution in [-0.2, 0) is 0 Å². The Morgan fingerprint density at radius 3 is 3.27 bits per heavy atom. The number of aromatic nitrogens is 2. The highest BCUT2D eigenvalue weighted by Crippen LogP contribution is 2.20. The van der Waals surface area contributed by atoms with Crippen molar-refractivity contribution in [2.24, 2.45) is 10.7 Å². The van der Waals surface area contributed by atoms with Crippen LogP contribution in [0, 0.1) is 0 Å². The number of imidazole rings is 1. The number of hydrogen-bond acceptors (Lipinski definition) is 4. The molecular weight excluding hydrogens is 166 g/mol. The maximum absolute atomic E-state index is 5.67. The van der Waals surface area contributed by atoms with Crippen molar-refractivity contribution in [3.05, 3.63) is 12.0 Å². The van der Waals surface area contributed by atoms with Crippen molar-refractivity contribution in [2.45, 2.75) is 5.25 Å². The summed E-state index contributed by atoms with van der Waals surface area (Å²) in [6.45, 7) is 0. The third-order valence-electron chi connectivity index (χ3n) is 1.34. The number of nitrogens with two attached hydrogens (primary N) is 1. The van der Waals surface area contributed by atoms with Crippen molar-refractivity contribution in [3.8, 4) is 0 Å². The number of anilines is 1. The van der Waals surface area contributed by atoms with E-state index in [9.17, 15) is 0 Å². The summed E-state index contributed by atoms with van der Waals surface area (Å²) in [5, 5.41) is 1.47. The lowest BCUT2D eigenvalue weighted by molar-refractivity contribution is 0.716. The molecule has 11 heavy (non-hydrogen) atoms. The summed E-state index contributed by atoms with van der Waals surface area (Å²) in [5.41, 5.74) is 6.24. The number of halogens is 1. The molecule has 0 fully saturated rings. The van der Waals surface area contributed by atoms with Gasteiger partial charge in [0.1, 0.15) is 5.69 Å². The van der Waals surface area contributed by atoms with Crippen molar-refractivity contribution >= 4 is 23.6 Å². The molecule has 0 amide bonds. The van der Waals surface area contributed by atoms with Crippen molar-refractivity contribution < 1.29 is 0 Å². The van der Waals surface area contributed by atoms with Gasteiger partial charge < -0.3 is 10.3 Å². The molecule has 1 aliphatic rings. The predicted octanol–water partition coefficient (Wildman–Crippen LogP) is 0.0629. The zero-order chi connectivity index (χ0) is 7.90. The highest BCUT2D eigenvalue weighted by atomic mass is 35.5. The lowest BCUT2D eigenvalue weighted by atomic mass is 10.4. The zero-order valence-corrected chi connectivity index (χ0v) is 6.26. The summed E-state index contributed by atoms with van der Waals surface area (Å²) in [7, 11) is 0. The molecule has 0 saturated carbocycles. The van der Waals surface area contributed by atoms with E-state index in [4.69, 9.17) is 17.3 Å². The molecule has 2 heterocycles. The minimum atomic E-state index is -1.25. The summed E-state index contributed by atoms with van der Waals surface area (Å²) >= 11 is 5.67. The molecular formula is C5H6ClN5. The van der Waals surface area contributed by atoms with E-state index < -0.39 is 5.25 Å². The van der Waals surface area contributed by atoms with Gasteiger partial charge in [0.15, 0.2) is 5.82 Å². The molecule has 0 aromatic carbocycles. The summed E-state index contributed by atoms with van der Waals surface area (Å²) in [6, 6.07) is 0. The van der Waals surface area contributed by atoms with Gasteiger partial charge in [-0.15, -0.1) is 0 Å². The molecule has 0 bridgehead atoms. The monoisotopic (exact) mass is 171 g/mol. The molecule has 2 rings (SSSR count). The largest absolute Gasteiger partial charge is 0.342 e. The van der Waals surface area contributed by atoms with E-state index in [1.807, 2.05) is 0 Å². The molecule has 6 heteroatoms. The van der Waals surface area contributed by atoms with Gasteiger partial charge in [0.25, 0.3) is 5.25 Å². The van der Waals surface area contributed by atoms with Crippen molar-refractivity contribution in [1.29, 1.82) is 0 Å². The van der Waals surface area contributed by atoms with Crippen LogP contribution in [0.25, 0.3) is 0 Å². The first-order chi connectivity index (χ1) is 5.17. The average Bonchev–Trinajstić information content (AvgIpc) is 2.31. The molecule has 1 atom stereocenters. The van der Waals surface area contributed by atoms with Crippen LogP contribution in [0.15, 0.2) is 11.3 Å². The smallest absolute Gasteiger partial charge is 0.263 e. The zero-order valence-electron chi connectivity index (χ0n) is 5.50. The van der Waals surface area contributed by atoms with Crippen LogP contribution in [0.2, 0.25) is 0 Å². The second kappa shape index (κ2) is 1.96. The summed E-state index contributed by atoms with van der Waals surface area (Å²) in [4.78, 5) is 10.6. The van der Waals surface area contributed by atoms with Crippen molar-refractivity contribution in [2.75, 3.05) is 5.32 Å². The number of aliphatic imine (C=N–C) groups is 1. The minimum absolute atomic E-state index is 0.623. The van der Waals surface area contributed by atoms with E-state index in [1.165, 1.54) is 0 Å². The van der Waals surface area contributed by atoms with Gasteiger partial charge in [-0.05, 0) is 0 Å². The summed E-state index contributed by atoms with van der Waals surface area (Å²) < 4.78 is 0. The molecule has 0 saturated heterocycles. The van der Waals surface area contributed by atoms with E-state index in [0.29, 0.717) is 5.82 Å². The first-order valence-corrected chi connectivity index (χ1v) is 3.40. The Kier molecular flexibility index (Phi) is 1.18. The third kappa shape index (κ3) is 1.08. The van der Waals surface area contributed by atoms with Gasteiger partial charge in [-0.1, -0.05) is 11.6 Å².